The van der Waals surface area contributed by atoms with Crippen molar-refractivity contribution >= 4 is 27.5 Å². The Morgan fingerprint density at radius 1 is 0.927 bits per heavy atom. The Balaban J connectivity index is 2.14. The lowest BCUT2D eigenvalue weighted by Gasteiger charge is -2.34. The molecule has 0 saturated heterocycles. The first-order valence-electron chi connectivity index (χ1n) is 13.6. The van der Waals surface area contributed by atoms with Gasteiger partial charge in [0.05, 0.1) is 24.8 Å². The number of hydrogen-bond acceptors (Lipinski definition) is 6. The normalized spacial score (nSPS) is 11.8. The van der Waals surface area contributed by atoms with Crippen LogP contribution in [0.2, 0.25) is 0 Å². The molecule has 0 unspecified atom stereocenters. The van der Waals surface area contributed by atoms with Gasteiger partial charge in [0.15, 0.2) is 0 Å². The highest BCUT2D eigenvalue weighted by molar-refractivity contribution is 7.92. The highest BCUT2D eigenvalue weighted by Crippen LogP contribution is 2.36. The fraction of sp³-hybridized carbons (Fsp3) is 0.355. The largest absolute Gasteiger partial charge is 0.497 e. The molecule has 0 aromatic heterocycles. The van der Waals surface area contributed by atoms with Crippen LogP contribution < -0.4 is 19.1 Å². The van der Waals surface area contributed by atoms with E-state index in [0.29, 0.717) is 18.7 Å². The molecule has 3 aromatic rings. The Morgan fingerprint density at radius 2 is 1.61 bits per heavy atom. The van der Waals surface area contributed by atoms with Crippen molar-refractivity contribution in [2.45, 2.75) is 51.1 Å². The summed E-state index contributed by atoms with van der Waals surface area (Å²) in [6.45, 7) is 5.76. The van der Waals surface area contributed by atoms with E-state index in [0.717, 1.165) is 21.9 Å². The molecule has 0 saturated carbocycles. The maximum Gasteiger partial charge on any atom is 0.264 e. The third-order valence-corrected chi connectivity index (χ3v) is 8.58. The molecular formula is C31H39N3O6S. The summed E-state index contributed by atoms with van der Waals surface area (Å²) in [5.74, 6) is -0.177. The lowest BCUT2D eigenvalue weighted by atomic mass is 10.1. The van der Waals surface area contributed by atoms with E-state index in [4.69, 9.17) is 9.47 Å². The summed E-state index contributed by atoms with van der Waals surface area (Å²) < 4.78 is 40.0. The number of sulfonamides is 1. The van der Waals surface area contributed by atoms with Gasteiger partial charge in [0.2, 0.25) is 11.8 Å². The maximum absolute atomic E-state index is 14.2. The fourth-order valence-corrected chi connectivity index (χ4v) is 5.92. The second-order valence-corrected chi connectivity index (χ2v) is 11.4. The predicted molar refractivity (Wildman–Crippen MR) is 160 cm³/mol. The number of ether oxygens (including phenoxy) is 2. The smallest absolute Gasteiger partial charge is 0.264 e. The van der Waals surface area contributed by atoms with Crippen LogP contribution in [0, 0.1) is 6.92 Å². The van der Waals surface area contributed by atoms with E-state index >= 15 is 0 Å². The molecule has 1 N–H and O–H groups in total. The van der Waals surface area contributed by atoms with Gasteiger partial charge in [0, 0.05) is 19.2 Å². The molecule has 0 bridgehead atoms. The molecule has 3 rings (SSSR count). The summed E-state index contributed by atoms with van der Waals surface area (Å²) in [5, 5.41) is 2.89. The molecule has 41 heavy (non-hydrogen) atoms. The highest BCUT2D eigenvalue weighted by Gasteiger charge is 2.35. The van der Waals surface area contributed by atoms with Crippen molar-refractivity contribution < 1.29 is 27.5 Å². The Kier molecular flexibility index (Phi) is 11.2. The molecule has 220 valence electrons. The van der Waals surface area contributed by atoms with E-state index < -0.39 is 28.5 Å². The molecule has 0 aliphatic carbocycles. The Bertz CT molecular complexity index is 1430. The Labute approximate surface area is 243 Å². The van der Waals surface area contributed by atoms with Gasteiger partial charge >= 0.3 is 0 Å². The van der Waals surface area contributed by atoms with E-state index in [2.05, 4.69) is 5.32 Å². The van der Waals surface area contributed by atoms with Crippen LogP contribution in [0.25, 0.3) is 0 Å². The Morgan fingerprint density at radius 3 is 2.22 bits per heavy atom. The number of nitrogens with zero attached hydrogens (tertiary/aromatic N) is 2. The molecule has 10 heteroatoms. The van der Waals surface area contributed by atoms with Crippen LogP contribution in [0.4, 0.5) is 5.69 Å². The van der Waals surface area contributed by atoms with Gasteiger partial charge < -0.3 is 19.7 Å². The average Bonchev–Trinajstić information content (AvgIpc) is 2.99. The number of amides is 2. The van der Waals surface area contributed by atoms with E-state index in [1.807, 2.05) is 45.0 Å². The first-order valence-corrected chi connectivity index (χ1v) is 15.0. The van der Waals surface area contributed by atoms with Gasteiger partial charge in [-0.1, -0.05) is 56.3 Å². The number of aryl methyl sites for hydroxylation is 1. The molecule has 0 aliphatic rings. The van der Waals surface area contributed by atoms with Crippen molar-refractivity contribution in [3.8, 4) is 11.5 Å². The van der Waals surface area contributed by atoms with E-state index in [-0.39, 0.29) is 28.8 Å². The first-order chi connectivity index (χ1) is 19.7. The number of hydrogen-bond donors (Lipinski definition) is 1. The minimum atomic E-state index is -4.24. The minimum Gasteiger partial charge on any atom is -0.497 e. The van der Waals surface area contributed by atoms with Gasteiger partial charge in [-0.3, -0.25) is 13.9 Å². The number of nitrogens with one attached hydrogen (secondary N) is 1. The number of benzene rings is 3. The van der Waals surface area contributed by atoms with Crippen molar-refractivity contribution in [3.63, 3.8) is 0 Å². The predicted octanol–water partition coefficient (Wildman–Crippen LogP) is 4.54. The van der Waals surface area contributed by atoms with E-state index in [1.54, 1.807) is 30.3 Å². The zero-order chi connectivity index (χ0) is 30.0. The second-order valence-electron chi connectivity index (χ2n) is 9.53. The number of rotatable bonds is 14. The highest BCUT2D eigenvalue weighted by atomic mass is 32.2. The summed E-state index contributed by atoms with van der Waals surface area (Å²) >= 11 is 0. The molecule has 0 aliphatic heterocycles. The van der Waals surface area contributed by atoms with Crippen LogP contribution in [0.5, 0.6) is 11.5 Å². The molecule has 2 amide bonds. The lowest BCUT2D eigenvalue weighted by molar-refractivity contribution is -0.140. The second kappa shape index (κ2) is 14.5. The minimum absolute atomic E-state index is 0.0101. The Hall–Kier alpha value is -4.05. The molecule has 0 spiro atoms. The molecule has 1 atom stereocenters. The standard InChI is InChI=1S/C31H39N3O6S/c1-6-19-32-31(36)27(7-2)33(21-24-14-12-11-13-23(24)3)30(35)22-34(41(37,38)26-15-9-8-10-16-26)28-20-25(39-4)17-18-29(28)40-5/h8-18,20,27H,6-7,19,21-22H2,1-5H3,(H,32,36)/t27-/m0/s1. The van der Waals surface area contributed by atoms with Crippen LogP contribution in [0.15, 0.2) is 77.7 Å². The molecule has 3 aromatic carbocycles. The maximum atomic E-state index is 14.2. The van der Waals surface area contributed by atoms with Crippen molar-refractivity contribution in [2.24, 2.45) is 0 Å². The van der Waals surface area contributed by atoms with Crippen LogP contribution in [-0.4, -0.2) is 58.5 Å². The van der Waals surface area contributed by atoms with Crippen molar-refractivity contribution in [3.05, 3.63) is 83.9 Å². The quantitative estimate of drug-likeness (QED) is 0.300. The summed E-state index contributed by atoms with van der Waals surface area (Å²) in [4.78, 5) is 28.9. The zero-order valence-electron chi connectivity index (χ0n) is 24.3. The van der Waals surface area contributed by atoms with Crippen LogP contribution >= 0.6 is 0 Å². The van der Waals surface area contributed by atoms with Crippen LogP contribution in [0.1, 0.15) is 37.8 Å². The van der Waals surface area contributed by atoms with Crippen LogP contribution in [0.3, 0.4) is 0 Å². The molecule has 0 heterocycles. The zero-order valence-corrected chi connectivity index (χ0v) is 25.1. The van der Waals surface area contributed by atoms with Gasteiger partial charge in [-0.25, -0.2) is 8.42 Å². The van der Waals surface area contributed by atoms with Gasteiger partial charge in [-0.2, -0.15) is 0 Å². The first kappa shape index (κ1) is 31.5. The SMILES string of the molecule is CCCNC(=O)[C@H](CC)N(Cc1ccccc1C)C(=O)CN(c1cc(OC)ccc1OC)S(=O)(=O)c1ccccc1. The number of methoxy groups -OCH3 is 2. The third kappa shape index (κ3) is 7.58. The average molecular weight is 582 g/mol. The van der Waals surface area contributed by atoms with Gasteiger partial charge in [-0.05, 0) is 55.2 Å². The summed E-state index contributed by atoms with van der Waals surface area (Å²) in [6, 6.07) is 19.4. The number of carbonyl (C=O) groups excluding carboxylic acids is 2. The van der Waals surface area contributed by atoms with Gasteiger partial charge in [-0.15, -0.1) is 0 Å². The van der Waals surface area contributed by atoms with Gasteiger partial charge in [0.25, 0.3) is 10.0 Å². The van der Waals surface area contributed by atoms with Crippen LogP contribution in [-0.2, 0) is 26.2 Å². The van der Waals surface area contributed by atoms with E-state index in [1.165, 1.54) is 37.3 Å². The number of carbonyl (C=O) groups is 2. The molecule has 9 nitrogen and oxygen atoms in total. The summed E-state index contributed by atoms with van der Waals surface area (Å²) in [7, 11) is -1.34. The van der Waals surface area contributed by atoms with E-state index in [9.17, 15) is 18.0 Å². The monoisotopic (exact) mass is 581 g/mol. The van der Waals surface area contributed by atoms with Gasteiger partial charge in [0.1, 0.15) is 24.1 Å². The lowest BCUT2D eigenvalue weighted by Crippen LogP contribution is -2.52. The molecule has 0 radical (unpaired) electrons. The topological polar surface area (TPSA) is 105 Å². The van der Waals surface area contributed by atoms with Crippen molar-refractivity contribution in [1.29, 1.82) is 0 Å². The number of anilines is 1. The molecule has 0 fully saturated rings. The van der Waals surface area contributed by atoms with Crippen molar-refractivity contribution in [1.82, 2.24) is 10.2 Å². The fourth-order valence-electron chi connectivity index (χ4n) is 4.48. The molecular weight excluding hydrogens is 542 g/mol. The summed E-state index contributed by atoms with van der Waals surface area (Å²) in [5.41, 5.74) is 1.96. The summed E-state index contributed by atoms with van der Waals surface area (Å²) in [6.07, 6.45) is 1.09. The van der Waals surface area contributed by atoms with Crippen molar-refractivity contribution in [2.75, 3.05) is 31.6 Å². The third-order valence-electron chi connectivity index (χ3n) is 6.80.